The van der Waals surface area contributed by atoms with Crippen LogP contribution in [0, 0.1) is 6.92 Å². The molecule has 0 fully saturated rings. The molecule has 0 spiro atoms. The molecule has 0 bridgehead atoms. The lowest BCUT2D eigenvalue weighted by Crippen LogP contribution is -2.01. The van der Waals surface area contributed by atoms with E-state index in [9.17, 15) is 0 Å². The smallest absolute Gasteiger partial charge is 0.209 e. The molecule has 2 heterocycles. The molecule has 0 radical (unpaired) electrons. The first-order valence-electron chi connectivity index (χ1n) is 6.39. The summed E-state index contributed by atoms with van der Waals surface area (Å²) in [5, 5.41) is 12.4. The molecule has 0 unspecified atom stereocenters. The topological polar surface area (TPSA) is 69.4 Å². The Morgan fingerprint density at radius 1 is 1.15 bits per heavy atom. The van der Waals surface area contributed by atoms with Gasteiger partial charge in [0.05, 0.1) is 22.4 Å². The molecule has 0 atom stereocenters. The first-order chi connectivity index (χ1) is 9.78. The molecule has 2 aromatic heterocycles. The van der Waals surface area contributed by atoms with E-state index < -0.39 is 0 Å². The van der Waals surface area contributed by atoms with Gasteiger partial charge in [-0.1, -0.05) is 23.9 Å². The van der Waals surface area contributed by atoms with Crippen molar-refractivity contribution in [3.63, 3.8) is 0 Å². The maximum absolute atomic E-state index is 4.67. The first-order valence-corrected chi connectivity index (χ1v) is 7.37. The molecule has 3 aromatic rings. The van der Waals surface area contributed by atoms with Crippen molar-refractivity contribution in [3.05, 3.63) is 35.7 Å². The van der Waals surface area contributed by atoms with Gasteiger partial charge < -0.3 is 0 Å². The van der Waals surface area contributed by atoms with Gasteiger partial charge in [-0.25, -0.2) is 14.6 Å². The normalized spacial score (nSPS) is 11.1. The molecular formula is C13H14N6S. The monoisotopic (exact) mass is 286 g/mol. The zero-order valence-corrected chi connectivity index (χ0v) is 12.1. The van der Waals surface area contributed by atoms with Crippen LogP contribution < -0.4 is 0 Å². The highest BCUT2D eigenvalue weighted by Gasteiger charge is 2.09. The molecule has 1 aromatic carbocycles. The maximum Gasteiger partial charge on any atom is 0.209 e. The van der Waals surface area contributed by atoms with Crippen LogP contribution in [-0.4, -0.2) is 30.2 Å². The lowest BCUT2D eigenvalue weighted by atomic mass is 10.2. The lowest BCUT2D eigenvalue weighted by Gasteiger charge is -2.06. The molecule has 102 valence electrons. The first kappa shape index (κ1) is 13.0. The van der Waals surface area contributed by atoms with Crippen molar-refractivity contribution >= 4 is 22.8 Å². The van der Waals surface area contributed by atoms with Crippen LogP contribution in [0.15, 0.2) is 29.4 Å². The fourth-order valence-corrected chi connectivity index (χ4v) is 2.84. The molecule has 20 heavy (non-hydrogen) atoms. The zero-order chi connectivity index (χ0) is 13.9. The Morgan fingerprint density at radius 2 is 1.90 bits per heavy atom. The number of aromatic nitrogens is 6. The number of para-hydroxylation sites is 2. The van der Waals surface area contributed by atoms with Crippen molar-refractivity contribution in [2.24, 2.45) is 0 Å². The van der Waals surface area contributed by atoms with E-state index in [2.05, 4.69) is 25.5 Å². The third kappa shape index (κ3) is 2.49. The fourth-order valence-electron chi connectivity index (χ4n) is 1.89. The van der Waals surface area contributed by atoms with Gasteiger partial charge in [-0.3, -0.25) is 0 Å². The lowest BCUT2D eigenvalue weighted by molar-refractivity contribution is 0.581. The largest absolute Gasteiger partial charge is 0.250 e. The molecule has 0 N–H and O–H groups in total. The second-order valence-electron chi connectivity index (χ2n) is 4.31. The zero-order valence-electron chi connectivity index (χ0n) is 11.3. The van der Waals surface area contributed by atoms with Crippen LogP contribution in [0.4, 0.5) is 0 Å². The standard InChI is InChI=1S/C13H14N6S/c1-3-19-13(16-17-18-19)20-8-12-9(2)14-10-6-4-5-7-11(10)15-12/h4-7H,3,8H2,1-2H3. The van der Waals surface area contributed by atoms with Crippen molar-refractivity contribution in [1.82, 2.24) is 30.2 Å². The number of thioether (sulfide) groups is 1. The summed E-state index contributed by atoms with van der Waals surface area (Å²) in [6, 6.07) is 7.90. The second kappa shape index (κ2) is 5.54. The van der Waals surface area contributed by atoms with E-state index in [-0.39, 0.29) is 0 Å². The number of aryl methyl sites for hydroxylation is 2. The van der Waals surface area contributed by atoms with Crippen LogP contribution in [-0.2, 0) is 12.3 Å². The maximum atomic E-state index is 4.67. The van der Waals surface area contributed by atoms with Crippen molar-refractivity contribution in [2.75, 3.05) is 0 Å². The molecule has 0 aliphatic carbocycles. The Labute approximate surface area is 120 Å². The highest BCUT2D eigenvalue weighted by atomic mass is 32.2. The number of tetrazole rings is 1. The minimum atomic E-state index is 0.712. The predicted octanol–water partition coefficient (Wildman–Crippen LogP) is 2.24. The third-order valence-electron chi connectivity index (χ3n) is 2.98. The fraction of sp³-hybridized carbons (Fsp3) is 0.308. The summed E-state index contributed by atoms with van der Waals surface area (Å²) in [5.41, 5.74) is 3.77. The van der Waals surface area contributed by atoms with Crippen LogP contribution in [0.25, 0.3) is 11.0 Å². The summed E-state index contributed by atoms with van der Waals surface area (Å²) in [7, 11) is 0. The number of nitrogens with zero attached hydrogens (tertiary/aromatic N) is 6. The van der Waals surface area contributed by atoms with Gasteiger partial charge >= 0.3 is 0 Å². The Hall–Kier alpha value is -2.02. The number of hydrogen-bond donors (Lipinski definition) is 0. The molecule has 0 aliphatic rings. The van der Waals surface area contributed by atoms with Crippen molar-refractivity contribution in [3.8, 4) is 0 Å². The number of hydrogen-bond acceptors (Lipinski definition) is 6. The van der Waals surface area contributed by atoms with Gasteiger partial charge in [-0.2, -0.15) is 0 Å². The van der Waals surface area contributed by atoms with Gasteiger partial charge in [0.15, 0.2) is 0 Å². The van der Waals surface area contributed by atoms with E-state index in [0.29, 0.717) is 5.75 Å². The van der Waals surface area contributed by atoms with Gasteiger partial charge in [-0.05, 0) is 36.4 Å². The summed E-state index contributed by atoms with van der Waals surface area (Å²) in [6.07, 6.45) is 0. The van der Waals surface area contributed by atoms with Crippen molar-refractivity contribution < 1.29 is 0 Å². The van der Waals surface area contributed by atoms with Crippen molar-refractivity contribution in [2.45, 2.75) is 31.3 Å². The quantitative estimate of drug-likeness (QED) is 0.685. The number of benzene rings is 1. The molecule has 0 saturated carbocycles. The summed E-state index contributed by atoms with van der Waals surface area (Å²) >= 11 is 1.58. The molecular weight excluding hydrogens is 272 g/mol. The Bertz CT molecular complexity index is 739. The number of rotatable bonds is 4. The molecule has 3 rings (SSSR count). The van der Waals surface area contributed by atoms with Crippen molar-refractivity contribution in [1.29, 1.82) is 0 Å². The Kier molecular flexibility index (Phi) is 3.60. The van der Waals surface area contributed by atoms with Crippen LogP contribution >= 0.6 is 11.8 Å². The summed E-state index contributed by atoms with van der Waals surface area (Å²) in [6.45, 7) is 4.76. The van der Waals surface area contributed by atoms with Gasteiger partial charge in [0, 0.05) is 12.3 Å². The minimum Gasteiger partial charge on any atom is -0.250 e. The average molecular weight is 286 g/mol. The van der Waals surface area contributed by atoms with E-state index in [1.54, 1.807) is 16.4 Å². The predicted molar refractivity (Wildman–Crippen MR) is 77.3 cm³/mol. The summed E-state index contributed by atoms with van der Waals surface area (Å²) < 4.78 is 1.77. The van der Waals surface area contributed by atoms with E-state index in [1.165, 1.54) is 0 Å². The van der Waals surface area contributed by atoms with E-state index >= 15 is 0 Å². The average Bonchev–Trinajstić information content (AvgIpc) is 2.92. The van der Waals surface area contributed by atoms with E-state index in [1.807, 2.05) is 38.1 Å². The van der Waals surface area contributed by atoms with Gasteiger partial charge in [0.2, 0.25) is 5.16 Å². The molecule has 0 saturated heterocycles. The Balaban J connectivity index is 1.85. The molecule has 0 aliphatic heterocycles. The minimum absolute atomic E-state index is 0.712. The van der Waals surface area contributed by atoms with Gasteiger partial charge in [-0.15, -0.1) is 5.10 Å². The van der Waals surface area contributed by atoms with Crippen LogP contribution in [0.2, 0.25) is 0 Å². The highest BCUT2D eigenvalue weighted by Crippen LogP contribution is 2.21. The van der Waals surface area contributed by atoms with Crippen LogP contribution in [0.1, 0.15) is 18.3 Å². The van der Waals surface area contributed by atoms with Gasteiger partial charge in [0.25, 0.3) is 0 Å². The van der Waals surface area contributed by atoms with Crippen LogP contribution in [0.3, 0.4) is 0 Å². The molecule has 7 heteroatoms. The summed E-state index contributed by atoms with van der Waals surface area (Å²) in [4.78, 5) is 9.25. The SMILES string of the molecule is CCn1nnnc1SCc1nc2ccccc2nc1C. The van der Waals surface area contributed by atoms with Crippen LogP contribution in [0.5, 0.6) is 0 Å². The van der Waals surface area contributed by atoms with Gasteiger partial charge in [0.1, 0.15) is 0 Å². The second-order valence-corrected chi connectivity index (χ2v) is 5.25. The van der Waals surface area contributed by atoms with E-state index in [0.717, 1.165) is 34.1 Å². The highest BCUT2D eigenvalue weighted by molar-refractivity contribution is 7.98. The van der Waals surface area contributed by atoms with E-state index in [4.69, 9.17) is 0 Å². The number of fused-ring (bicyclic) bond motifs is 1. The molecule has 6 nitrogen and oxygen atoms in total. The third-order valence-corrected chi connectivity index (χ3v) is 3.95. The molecule has 0 amide bonds. The Morgan fingerprint density at radius 3 is 2.65 bits per heavy atom. The summed E-state index contributed by atoms with van der Waals surface area (Å²) in [5.74, 6) is 0.712.